The average molecular weight is 275 g/mol. The zero-order valence-electron chi connectivity index (χ0n) is 11.6. The summed E-state index contributed by atoms with van der Waals surface area (Å²) in [5.74, 6) is 0. The number of hydrogen-bond donors (Lipinski definition) is 1. The quantitative estimate of drug-likeness (QED) is 0.872. The van der Waals surface area contributed by atoms with Gasteiger partial charge in [0.25, 0.3) is 0 Å². The Labute approximate surface area is 119 Å². The topological polar surface area (TPSA) is 33.1 Å². The molecular weight excluding hydrogens is 254 g/mol. The summed E-state index contributed by atoms with van der Waals surface area (Å²) in [7, 11) is 0. The molecule has 0 aliphatic heterocycles. The van der Waals surface area contributed by atoms with E-state index in [1.54, 1.807) is 11.3 Å². The van der Waals surface area contributed by atoms with E-state index in [2.05, 4.69) is 36.2 Å². The fourth-order valence-corrected chi connectivity index (χ4v) is 3.12. The van der Waals surface area contributed by atoms with E-state index < -0.39 is 0 Å². The van der Waals surface area contributed by atoms with Gasteiger partial charge in [0.15, 0.2) is 0 Å². The first-order valence-corrected chi connectivity index (χ1v) is 7.61. The number of aromatic nitrogens is 1. The van der Waals surface area contributed by atoms with Gasteiger partial charge in [-0.15, -0.1) is 11.3 Å². The van der Waals surface area contributed by atoms with Crippen molar-refractivity contribution in [3.63, 3.8) is 0 Å². The first-order valence-electron chi connectivity index (χ1n) is 6.80. The van der Waals surface area contributed by atoms with Crippen molar-refractivity contribution < 1.29 is 5.11 Å². The molecule has 0 fully saturated rings. The van der Waals surface area contributed by atoms with Crippen molar-refractivity contribution in [1.82, 2.24) is 4.98 Å². The van der Waals surface area contributed by atoms with E-state index in [9.17, 15) is 5.11 Å². The second-order valence-corrected chi connectivity index (χ2v) is 6.27. The molecule has 0 saturated heterocycles. The number of aliphatic hydroxyl groups excluding tert-OH is 1. The molecule has 1 aromatic carbocycles. The number of rotatable bonds is 6. The second-order valence-electron chi connectivity index (χ2n) is 4.98. The van der Waals surface area contributed by atoms with Gasteiger partial charge in [0.1, 0.15) is 0 Å². The summed E-state index contributed by atoms with van der Waals surface area (Å²) in [5, 5.41) is 11.1. The normalized spacial score (nSPS) is 12.6. The molecule has 2 rings (SSSR count). The fourth-order valence-electron chi connectivity index (χ4n) is 2.12. The van der Waals surface area contributed by atoms with Crippen LogP contribution in [0.5, 0.6) is 0 Å². The van der Waals surface area contributed by atoms with Crippen LogP contribution in [0.1, 0.15) is 34.0 Å². The SMILES string of the molecule is Cc1nc(CC(O)CCCc2ccccc2)sc1C. The number of benzene rings is 1. The predicted molar refractivity (Wildman–Crippen MR) is 80.7 cm³/mol. The van der Waals surface area contributed by atoms with Crippen molar-refractivity contribution in [2.45, 2.75) is 45.6 Å². The fraction of sp³-hybridized carbons (Fsp3) is 0.438. The average Bonchev–Trinajstić information content (AvgIpc) is 2.69. The van der Waals surface area contributed by atoms with Gasteiger partial charge >= 0.3 is 0 Å². The maximum atomic E-state index is 10.0. The Bertz CT molecular complexity index is 487. The summed E-state index contributed by atoms with van der Waals surface area (Å²) in [6, 6.07) is 10.4. The molecule has 0 spiro atoms. The number of thiazole rings is 1. The molecule has 0 aliphatic carbocycles. The summed E-state index contributed by atoms with van der Waals surface area (Å²) in [4.78, 5) is 5.73. The van der Waals surface area contributed by atoms with Gasteiger partial charge in [0, 0.05) is 11.3 Å². The van der Waals surface area contributed by atoms with E-state index in [4.69, 9.17) is 0 Å². The van der Waals surface area contributed by atoms with E-state index in [-0.39, 0.29) is 6.10 Å². The lowest BCUT2D eigenvalue weighted by Crippen LogP contribution is -2.10. The van der Waals surface area contributed by atoms with Crippen LogP contribution in [-0.4, -0.2) is 16.2 Å². The van der Waals surface area contributed by atoms with Crippen LogP contribution in [0, 0.1) is 13.8 Å². The smallest absolute Gasteiger partial charge is 0.0956 e. The molecule has 0 saturated carbocycles. The summed E-state index contributed by atoms with van der Waals surface area (Å²) >= 11 is 1.70. The van der Waals surface area contributed by atoms with Crippen LogP contribution < -0.4 is 0 Å². The van der Waals surface area contributed by atoms with E-state index >= 15 is 0 Å². The Morgan fingerprint density at radius 3 is 2.58 bits per heavy atom. The van der Waals surface area contributed by atoms with Crippen molar-refractivity contribution >= 4 is 11.3 Å². The third kappa shape index (κ3) is 4.44. The molecular formula is C16H21NOS. The third-order valence-corrected chi connectivity index (χ3v) is 4.42. The highest BCUT2D eigenvalue weighted by Crippen LogP contribution is 2.19. The predicted octanol–water partition coefficient (Wildman–Crippen LogP) is 3.69. The molecule has 1 unspecified atom stereocenters. The summed E-state index contributed by atoms with van der Waals surface area (Å²) in [5.41, 5.74) is 2.44. The summed E-state index contributed by atoms with van der Waals surface area (Å²) < 4.78 is 0. The van der Waals surface area contributed by atoms with E-state index in [1.807, 2.05) is 13.0 Å². The molecule has 0 radical (unpaired) electrons. The molecule has 1 aromatic heterocycles. The van der Waals surface area contributed by atoms with Crippen LogP contribution in [0.4, 0.5) is 0 Å². The highest BCUT2D eigenvalue weighted by atomic mass is 32.1. The monoisotopic (exact) mass is 275 g/mol. The van der Waals surface area contributed by atoms with Gasteiger partial charge in [-0.1, -0.05) is 30.3 Å². The lowest BCUT2D eigenvalue weighted by Gasteiger charge is -2.08. The Balaban J connectivity index is 1.74. The Kier molecular flexibility index (Phi) is 5.11. The van der Waals surface area contributed by atoms with Gasteiger partial charge in [0.05, 0.1) is 16.8 Å². The van der Waals surface area contributed by atoms with E-state index in [1.165, 1.54) is 10.4 Å². The highest BCUT2D eigenvalue weighted by molar-refractivity contribution is 7.11. The molecule has 0 bridgehead atoms. The van der Waals surface area contributed by atoms with Gasteiger partial charge < -0.3 is 5.11 Å². The first-order chi connectivity index (χ1) is 9.15. The highest BCUT2D eigenvalue weighted by Gasteiger charge is 2.10. The Morgan fingerprint density at radius 1 is 1.21 bits per heavy atom. The molecule has 0 aliphatic rings. The molecule has 19 heavy (non-hydrogen) atoms. The lowest BCUT2D eigenvalue weighted by atomic mass is 10.0. The van der Waals surface area contributed by atoms with Gasteiger partial charge in [-0.2, -0.15) is 0 Å². The minimum atomic E-state index is -0.270. The van der Waals surface area contributed by atoms with Crippen molar-refractivity contribution in [3.8, 4) is 0 Å². The van der Waals surface area contributed by atoms with Gasteiger partial charge in [0.2, 0.25) is 0 Å². The number of hydrogen-bond acceptors (Lipinski definition) is 3. The standard InChI is InChI=1S/C16H21NOS/c1-12-13(2)19-16(17-12)11-15(18)10-6-9-14-7-4-3-5-8-14/h3-5,7-8,15,18H,6,9-11H2,1-2H3. The van der Waals surface area contributed by atoms with E-state index in [0.29, 0.717) is 6.42 Å². The third-order valence-electron chi connectivity index (χ3n) is 3.33. The minimum absolute atomic E-state index is 0.270. The number of aliphatic hydroxyl groups is 1. The second kappa shape index (κ2) is 6.83. The van der Waals surface area contributed by atoms with Gasteiger partial charge in [-0.05, 0) is 38.7 Å². The molecule has 2 nitrogen and oxygen atoms in total. The van der Waals surface area contributed by atoms with Crippen molar-refractivity contribution in [2.75, 3.05) is 0 Å². The van der Waals surface area contributed by atoms with Crippen molar-refractivity contribution in [2.24, 2.45) is 0 Å². The Morgan fingerprint density at radius 2 is 1.95 bits per heavy atom. The summed E-state index contributed by atoms with van der Waals surface area (Å²) in [6.07, 6.45) is 3.32. The minimum Gasteiger partial charge on any atom is -0.393 e. The van der Waals surface area contributed by atoms with Crippen molar-refractivity contribution in [1.29, 1.82) is 0 Å². The largest absolute Gasteiger partial charge is 0.393 e. The molecule has 1 heterocycles. The van der Waals surface area contributed by atoms with Crippen LogP contribution in [-0.2, 0) is 12.8 Å². The lowest BCUT2D eigenvalue weighted by molar-refractivity contribution is 0.162. The number of aryl methyl sites for hydroxylation is 3. The van der Waals surface area contributed by atoms with Crippen LogP contribution in [0.25, 0.3) is 0 Å². The Hall–Kier alpha value is -1.19. The summed E-state index contributed by atoms with van der Waals surface area (Å²) in [6.45, 7) is 4.11. The molecule has 3 heteroatoms. The zero-order chi connectivity index (χ0) is 13.7. The molecule has 0 amide bonds. The van der Waals surface area contributed by atoms with Gasteiger partial charge in [-0.3, -0.25) is 0 Å². The molecule has 1 atom stereocenters. The van der Waals surface area contributed by atoms with Crippen LogP contribution in [0.3, 0.4) is 0 Å². The maximum Gasteiger partial charge on any atom is 0.0956 e. The first kappa shape index (κ1) is 14.2. The van der Waals surface area contributed by atoms with Crippen LogP contribution in [0.2, 0.25) is 0 Å². The maximum absolute atomic E-state index is 10.0. The molecule has 1 N–H and O–H groups in total. The molecule has 2 aromatic rings. The van der Waals surface area contributed by atoms with Gasteiger partial charge in [-0.25, -0.2) is 4.98 Å². The molecule has 102 valence electrons. The van der Waals surface area contributed by atoms with E-state index in [0.717, 1.165) is 30.0 Å². The zero-order valence-corrected chi connectivity index (χ0v) is 12.4. The van der Waals surface area contributed by atoms with Crippen LogP contribution in [0.15, 0.2) is 30.3 Å². The van der Waals surface area contributed by atoms with Crippen molar-refractivity contribution in [3.05, 3.63) is 51.5 Å². The van der Waals surface area contributed by atoms with Crippen LogP contribution >= 0.6 is 11.3 Å². The number of nitrogens with zero attached hydrogens (tertiary/aromatic N) is 1.